The molecule has 0 spiro atoms. The number of halogens is 1. The zero-order chi connectivity index (χ0) is 5.15. The van der Waals surface area contributed by atoms with Crippen LogP contribution in [0.3, 0.4) is 0 Å². The van der Waals surface area contributed by atoms with Crippen molar-refractivity contribution in [3.05, 3.63) is 0 Å². The maximum atomic E-state index is 11.2. The Morgan fingerprint density at radius 1 is 1.86 bits per heavy atom. The molecule has 1 atom stereocenters. The van der Waals surface area contributed by atoms with Crippen LogP contribution in [0.15, 0.2) is 0 Å². The van der Waals surface area contributed by atoms with Gasteiger partial charge in [0, 0.05) is 0 Å². The first-order valence-electron chi connectivity index (χ1n) is 1.51. The van der Waals surface area contributed by atoms with Gasteiger partial charge in [-0.25, -0.2) is 9.18 Å². The molecule has 0 aliphatic rings. The monoisotopic (exact) mass is 359 g/mol. The molecular formula is C3H5FO2Rf. The van der Waals surface area contributed by atoms with Crippen LogP contribution in [0.1, 0.15) is 6.92 Å². The normalized spacial score (nSPS) is 11.7. The van der Waals surface area contributed by atoms with Crippen LogP contribution in [0.25, 0.3) is 0 Å². The van der Waals surface area contributed by atoms with Crippen molar-refractivity contribution in [2.45, 2.75) is 13.1 Å². The molecule has 38 valence electrons. The van der Waals surface area contributed by atoms with E-state index in [-0.39, 0.29) is 0 Å². The molecule has 0 saturated carbocycles. The first kappa shape index (κ1) is 9.04. The van der Waals surface area contributed by atoms with E-state index >= 15 is 0 Å². The summed E-state index contributed by atoms with van der Waals surface area (Å²) in [4.78, 5) is 9.32. The van der Waals surface area contributed by atoms with Gasteiger partial charge in [0.1, 0.15) is 0 Å². The Morgan fingerprint density at radius 3 is 2.00 bits per heavy atom. The topological polar surface area (TPSA) is 37.3 Å². The van der Waals surface area contributed by atoms with Crippen molar-refractivity contribution in [3.63, 3.8) is 0 Å². The smallest absolute Gasteiger partial charge is 0.337 e. The van der Waals surface area contributed by atoms with Gasteiger partial charge in [-0.15, -0.1) is 0 Å². The van der Waals surface area contributed by atoms with Crippen LogP contribution in [-0.4, -0.2) is 17.2 Å². The average Bonchev–Trinajstić information content (AvgIpc) is 1.36. The van der Waals surface area contributed by atoms with E-state index in [4.69, 9.17) is 5.11 Å². The van der Waals surface area contributed by atoms with E-state index in [1.165, 1.54) is 0 Å². The zero-order valence-corrected chi connectivity index (χ0v) is 10.4. The van der Waals surface area contributed by atoms with E-state index in [9.17, 15) is 9.18 Å². The van der Waals surface area contributed by atoms with E-state index in [2.05, 4.69) is 0 Å². The van der Waals surface area contributed by atoms with Crippen LogP contribution in [0.4, 0.5) is 4.39 Å². The molecular weight excluding hydrogens is 354 g/mol. The molecule has 0 aromatic carbocycles. The Morgan fingerprint density at radius 2 is 2.00 bits per heavy atom. The molecule has 0 heterocycles. The number of carboxylic acid groups (broad SMARTS) is 1. The summed E-state index contributed by atoms with van der Waals surface area (Å²) in [7, 11) is 0. The van der Waals surface area contributed by atoms with Gasteiger partial charge >= 0.3 is 5.97 Å². The number of carbonyl (C=O) groups is 1. The van der Waals surface area contributed by atoms with Crippen LogP contribution >= 0.6 is 0 Å². The molecule has 0 saturated heterocycles. The molecule has 0 aromatic heterocycles. The van der Waals surface area contributed by atoms with Crippen molar-refractivity contribution in [2.24, 2.45) is 0 Å². The SMILES string of the molecule is CC(F)C(=O)O.[Rf]. The fourth-order valence-electron chi connectivity index (χ4n) is 0. The second-order valence-electron chi connectivity index (χ2n) is 0.954. The maximum absolute atomic E-state index is 11.2. The molecule has 0 bridgehead atoms. The summed E-state index contributed by atoms with van der Waals surface area (Å²) in [6, 6.07) is 0. The van der Waals surface area contributed by atoms with Gasteiger partial charge in [0.05, 0.1) is 0 Å². The molecule has 1 N–H and O–H groups in total. The zero-order valence-electron chi connectivity index (χ0n) is 4.02. The van der Waals surface area contributed by atoms with E-state index < -0.39 is 12.1 Å². The van der Waals surface area contributed by atoms with E-state index in [1.54, 1.807) is 0 Å². The fraction of sp³-hybridized carbons (Fsp3) is 0.667. The summed E-state index contributed by atoms with van der Waals surface area (Å²) in [6.45, 7) is 0.975. The van der Waals surface area contributed by atoms with Crippen LogP contribution in [0.5, 0.6) is 0 Å². The molecule has 0 aliphatic heterocycles. The Balaban J connectivity index is 0. The van der Waals surface area contributed by atoms with Crippen molar-refractivity contribution < 1.29 is 14.3 Å². The molecule has 4 heteroatoms. The van der Waals surface area contributed by atoms with Gasteiger partial charge in [-0.3, -0.25) is 0 Å². The standard InChI is InChI=1S/C3H5FO2.Rf/c1-2(4)3(5)6;/h2H,1H3,(H,5,6);. The van der Waals surface area contributed by atoms with Gasteiger partial charge in [-0.2, -0.15) is 0 Å². The summed E-state index contributed by atoms with van der Waals surface area (Å²) in [6.07, 6.45) is -1.73. The minimum Gasteiger partial charge on any atom is -0.479 e. The third-order valence-electron chi connectivity index (χ3n) is 0.340. The molecule has 0 aliphatic carbocycles. The van der Waals surface area contributed by atoms with Crippen molar-refractivity contribution >= 4 is 5.97 Å². The Hall–Kier alpha value is -1.60. The number of hydrogen-bond acceptors (Lipinski definition) is 1. The van der Waals surface area contributed by atoms with Crippen molar-refractivity contribution in [2.75, 3.05) is 0 Å². The predicted molar refractivity (Wildman–Crippen MR) is 18.2 cm³/mol. The van der Waals surface area contributed by atoms with Gasteiger partial charge in [0.25, 0.3) is 0 Å². The number of rotatable bonds is 1. The quantitative estimate of drug-likeness (QED) is 0.738. The summed E-state index contributed by atoms with van der Waals surface area (Å²) >= 11 is 0. The first-order valence-corrected chi connectivity index (χ1v) is 1.51. The van der Waals surface area contributed by atoms with Gasteiger partial charge in [-0.05, 0) is 6.92 Å². The average molecular weight is 359 g/mol. The molecule has 0 fully saturated rings. The Labute approximate surface area is 34.6 Å². The van der Waals surface area contributed by atoms with Gasteiger partial charge in [0.15, 0.2) is 6.17 Å². The number of hydrogen-bond donors (Lipinski definition) is 1. The van der Waals surface area contributed by atoms with Crippen molar-refractivity contribution in [1.82, 2.24) is 0 Å². The van der Waals surface area contributed by atoms with Gasteiger partial charge < -0.3 is 5.11 Å². The molecule has 7 heavy (non-hydrogen) atoms. The van der Waals surface area contributed by atoms with Crippen LogP contribution < -0.4 is 0 Å². The van der Waals surface area contributed by atoms with E-state index in [0.29, 0.717) is 0 Å². The Kier molecular flexibility index (Phi) is 3.39. The van der Waals surface area contributed by atoms with Crippen LogP contribution in [0, 0.1) is 0 Å². The molecule has 2 nitrogen and oxygen atoms in total. The maximum Gasteiger partial charge on any atom is 0.337 e. The third kappa shape index (κ3) is 4.40. The molecule has 0 amide bonds. The number of carboxylic acids is 1. The molecule has 1 unspecified atom stereocenters. The molecule has 0 radical (unpaired) electrons. The number of aliphatic carboxylic acids is 1. The minimum absolute atomic E-state index is 0. The largest absolute Gasteiger partial charge is 0.479 e. The minimum atomic E-state index is -1.73. The van der Waals surface area contributed by atoms with Gasteiger partial charge in [-0.1, -0.05) is 0 Å². The second kappa shape index (κ2) is 2.63. The van der Waals surface area contributed by atoms with E-state index in [0.717, 1.165) is 6.92 Å². The summed E-state index contributed by atoms with van der Waals surface area (Å²) in [5.74, 6) is -1.41. The van der Waals surface area contributed by atoms with Crippen LogP contribution in [0.2, 0.25) is 0 Å². The first-order chi connectivity index (χ1) is 2.64. The predicted octanol–water partition coefficient (Wildman–Crippen LogP) is 0.429. The van der Waals surface area contributed by atoms with E-state index in [1.807, 2.05) is 0 Å². The van der Waals surface area contributed by atoms with Crippen molar-refractivity contribution in [1.29, 1.82) is 0 Å². The third-order valence-corrected chi connectivity index (χ3v) is 0.340. The van der Waals surface area contributed by atoms with Crippen LogP contribution in [-0.2, 0) is 4.79 Å². The summed E-state index contributed by atoms with van der Waals surface area (Å²) in [5, 5.41) is 7.62. The fourth-order valence-corrected chi connectivity index (χ4v) is 0. The summed E-state index contributed by atoms with van der Waals surface area (Å²) in [5.41, 5.74) is 0. The van der Waals surface area contributed by atoms with Crippen molar-refractivity contribution in [3.8, 4) is 0 Å². The van der Waals surface area contributed by atoms with Gasteiger partial charge in [0.2, 0.25) is 0 Å². The Bertz CT molecular complexity index is 64.0. The molecule has 0 rings (SSSR count). The second-order valence-corrected chi connectivity index (χ2v) is 0.954. The summed E-state index contributed by atoms with van der Waals surface area (Å²) < 4.78 is 11.2. The number of alkyl halides is 1. The molecule has 0 aromatic rings.